The second-order valence-electron chi connectivity index (χ2n) is 18.2. The van der Waals surface area contributed by atoms with Gasteiger partial charge in [0.15, 0.2) is 0 Å². The molecule has 0 radical (unpaired) electrons. The Labute approximate surface area is 396 Å². The highest BCUT2D eigenvalue weighted by molar-refractivity contribution is 8.77. The Morgan fingerprint density at radius 3 is 0.742 bits per heavy atom. The van der Waals surface area contributed by atoms with Gasteiger partial charge in [0.1, 0.15) is 0 Å². The lowest BCUT2D eigenvalue weighted by Gasteiger charge is -2.33. The fourth-order valence-corrected chi connectivity index (χ4v) is 11.2. The van der Waals surface area contributed by atoms with Gasteiger partial charge >= 0.3 is 0 Å². The molecule has 374 valence electrons. The largest absolute Gasteiger partial charge is 0.327 e. The molecule has 0 saturated heterocycles. The van der Waals surface area contributed by atoms with Gasteiger partial charge in [-0.1, -0.05) is 244 Å². The third-order valence-electron chi connectivity index (χ3n) is 12.3. The lowest BCUT2D eigenvalue weighted by molar-refractivity contribution is -0.382. The summed E-state index contributed by atoms with van der Waals surface area (Å²) in [5.74, 6) is -1.86. The van der Waals surface area contributed by atoms with Gasteiger partial charge in [0.05, 0.1) is 39.6 Å². The SMILES string of the molecule is CCCCCCCCOC(CC)(OCCCCCCCC)OCCC(CCCCC)SSC(CCCCC)CCOC(CC)(OCCCCCCCC)OCCCCCCCC. The molecule has 8 heteroatoms. The standard InChI is InChI=1S/C54H110O6S2/c1-9-17-23-27-31-37-45-55-53(15-7,56-46-38-32-28-24-18-10-2)59-49-43-51(41-35-21-13-5)61-62-52(42-36-22-14-6)44-50-60-54(16-8,57-47-39-33-29-25-19-11-3)58-48-40-34-30-26-20-12-4/h51-52H,9-50H2,1-8H3. The summed E-state index contributed by atoms with van der Waals surface area (Å²) in [7, 11) is 4.22. The molecule has 0 aromatic heterocycles. The van der Waals surface area contributed by atoms with Crippen LogP contribution in [0.25, 0.3) is 0 Å². The number of ether oxygens (including phenoxy) is 6. The molecule has 0 fully saturated rings. The number of unbranched alkanes of at least 4 members (excludes halogenated alkanes) is 24. The van der Waals surface area contributed by atoms with E-state index in [1.54, 1.807) is 0 Å². The molecule has 0 saturated carbocycles. The second kappa shape index (κ2) is 47.9. The van der Waals surface area contributed by atoms with Crippen molar-refractivity contribution >= 4 is 21.6 Å². The Morgan fingerprint density at radius 2 is 0.484 bits per heavy atom. The zero-order valence-electron chi connectivity index (χ0n) is 43.1. The van der Waals surface area contributed by atoms with E-state index < -0.39 is 11.9 Å². The van der Waals surface area contributed by atoms with Crippen molar-refractivity contribution in [1.82, 2.24) is 0 Å². The van der Waals surface area contributed by atoms with Crippen molar-refractivity contribution in [2.24, 2.45) is 0 Å². The summed E-state index contributed by atoms with van der Waals surface area (Å²) in [4.78, 5) is 0. The van der Waals surface area contributed by atoms with Crippen LogP contribution in [0.3, 0.4) is 0 Å². The quantitative estimate of drug-likeness (QED) is 0.0340. The first kappa shape index (κ1) is 62.5. The maximum atomic E-state index is 6.72. The summed E-state index contributed by atoms with van der Waals surface area (Å²) in [6, 6.07) is 0. The van der Waals surface area contributed by atoms with Crippen LogP contribution < -0.4 is 0 Å². The van der Waals surface area contributed by atoms with Gasteiger partial charge < -0.3 is 28.4 Å². The molecule has 0 aliphatic carbocycles. The summed E-state index contributed by atoms with van der Waals surface area (Å²) in [5, 5.41) is 1.06. The van der Waals surface area contributed by atoms with Gasteiger partial charge in [0.25, 0.3) is 11.9 Å². The topological polar surface area (TPSA) is 55.4 Å². The summed E-state index contributed by atoms with van der Waals surface area (Å²) in [6.07, 6.45) is 43.5. The van der Waals surface area contributed by atoms with Crippen molar-refractivity contribution in [2.75, 3.05) is 39.6 Å². The molecule has 0 aromatic rings. The zero-order chi connectivity index (χ0) is 45.5. The fraction of sp³-hybridized carbons (Fsp3) is 1.00. The third kappa shape index (κ3) is 37.5. The maximum absolute atomic E-state index is 6.72. The monoisotopic (exact) mass is 919 g/mol. The van der Waals surface area contributed by atoms with Crippen molar-refractivity contribution in [3.05, 3.63) is 0 Å². The van der Waals surface area contributed by atoms with Gasteiger partial charge in [0, 0.05) is 23.3 Å². The van der Waals surface area contributed by atoms with E-state index in [1.165, 1.54) is 180 Å². The summed E-state index contributed by atoms with van der Waals surface area (Å²) < 4.78 is 39.7. The minimum Gasteiger partial charge on any atom is -0.327 e. The zero-order valence-corrected chi connectivity index (χ0v) is 44.8. The van der Waals surface area contributed by atoms with Crippen molar-refractivity contribution < 1.29 is 28.4 Å². The van der Waals surface area contributed by atoms with Crippen LogP contribution in [-0.4, -0.2) is 62.1 Å². The highest BCUT2D eigenvalue weighted by Crippen LogP contribution is 2.39. The Bertz CT molecular complexity index is 761. The number of rotatable bonds is 53. The van der Waals surface area contributed by atoms with Gasteiger partial charge in [-0.2, -0.15) is 0 Å². The Morgan fingerprint density at radius 1 is 0.258 bits per heavy atom. The number of hydrogen-bond donors (Lipinski definition) is 0. The highest BCUT2D eigenvalue weighted by atomic mass is 33.1. The molecule has 0 aromatic carbocycles. The van der Waals surface area contributed by atoms with Gasteiger partial charge in [-0.05, 0) is 51.4 Å². The van der Waals surface area contributed by atoms with Crippen LogP contribution in [0.2, 0.25) is 0 Å². The van der Waals surface area contributed by atoms with Crippen LogP contribution >= 0.6 is 21.6 Å². The molecule has 0 aliphatic rings. The third-order valence-corrected chi connectivity index (χ3v) is 15.8. The maximum Gasteiger partial charge on any atom is 0.282 e. The molecule has 0 N–H and O–H groups in total. The molecular weight excluding hydrogens is 809 g/mol. The Hall–Kier alpha value is 0.460. The predicted molar refractivity (Wildman–Crippen MR) is 276 cm³/mol. The van der Waals surface area contributed by atoms with Crippen LogP contribution in [0.15, 0.2) is 0 Å². The van der Waals surface area contributed by atoms with Crippen molar-refractivity contribution in [2.45, 2.75) is 309 Å². The predicted octanol–water partition coefficient (Wildman–Crippen LogP) is 18.7. The average molecular weight is 920 g/mol. The van der Waals surface area contributed by atoms with E-state index in [0.29, 0.717) is 63.0 Å². The van der Waals surface area contributed by atoms with E-state index in [2.05, 4.69) is 77.0 Å². The smallest absolute Gasteiger partial charge is 0.282 e. The first-order chi connectivity index (χ1) is 30.4. The second-order valence-corrected chi connectivity index (χ2v) is 21.1. The van der Waals surface area contributed by atoms with Gasteiger partial charge in [-0.25, -0.2) is 0 Å². The van der Waals surface area contributed by atoms with E-state index >= 15 is 0 Å². The highest BCUT2D eigenvalue weighted by Gasteiger charge is 2.33. The first-order valence-electron chi connectivity index (χ1n) is 27.6. The summed E-state index contributed by atoms with van der Waals surface area (Å²) >= 11 is 0. The van der Waals surface area contributed by atoms with E-state index in [-0.39, 0.29) is 0 Å². The summed E-state index contributed by atoms with van der Waals surface area (Å²) in [5.41, 5.74) is 0. The van der Waals surface area contributed by atoms with E-state index in [4.69, 9.17) is 28.4 Å². The average Bonchev–Trinajstić information content (AvgIpc) is 3.28. The molecule has 0 rings (SSSR count). The minimum absolute atomic E-state index is 0.531. The first-order valence-corrected chi connectivity index (χ1v) is 29.9. The molecule has 6 nitrogen and oxygen atoms in total. The molecule has 0 bridgehead atoms. The lowest BCUT2D eigenvalue weighted by atomic mass is 10.1. The molecule has 0 spiro atoms. The van der Waals surface area contributed by atoms with Crippen molar-refractivity contribution in [3.8, 4) is 0 Å². The van der Waals surface area contributed by atoms with Crippen molar-refractivity contribution in [3.63, 3.8) is 0 Å². The Balaban J connectivity index is 5.62. The molecule has 2 unspecified atom stereocenters. The van der Waals surface area contributed by atoms with Crippen LogP contribution in [0.1, 0.15) is 287 Å². The molecular formula is C54H110O6S2. The van der Waals surface area contributed by atoms with Crippen LogP contribution in [0, 0.1) is 0 Å². The molecule has 0 heterocycles. The fourth-order valence-electron chi connectivity index (χ4n) is 7.88. The lowest BCUT2D eigenvalue weighted by Crippen LogP contribution is -2.40. The molecule has 0 amide bonds. The van der Waals surface area contributed by atoms with Gasteiger partial charge in [-0.3, -0.25) is 0 Å². The minimum atomic E-state index is -0.932. The van der Waals surface area contributed by atoms with Crippen LogP contribution in [-0.2, 0) is 28.4 Å². The Kier molecular flexibility index (Phi) is 48.3. The van der Waals surface area contributed by atoms with Crippen LogP contribution in [0.5, 0.6) is 0 Å². The van der Waals surface area contributed by atoms with E-state index in [9.17, 15) is 0 Å². The molecule has 2 atom stereocenters. The van der Waals surface area contributed by atoms with E-state index in [0.717, 1.165) is 38.5 Å². The molecule has 62 heavy (non-hydrogen) atoms. The normalized spacial score (nSPS) is 13.4. The van der Waals surface area contributed by atoms with E-state index in [1.807, 2.05) is 0 Å². The van der Waals surface area contributed by atoms with Crippen LogP contribution in [0.4, 0.5) is 0 Å². The van der Waals surface area contributed by atoms with Gasteiger partial charge in [-0.15, -0.1) is 0 Å². The molecule has 0 aliphatic heterocycles. The van der Waals surface area contributed by atoms with Gasteiger partial charge in [0.2, 0.25) is 0 Å². The summed E-state index contributed by atoms with van der Waals surface area (Å²) in [6.45, 7) is 22.2. The van der Waals surface area contributed by atoms with Crippen molar-refractivity contribution in [1.29, 1.82) is 0 Å². The number of hydrogen-bond acceptors (Lipinski definition) is 8.